The Morgan fingerprint density at radius 1 is 0.974 bits per heavy atom. The lowest BCUT2D eigenvalue weighted by Gasteiger charge is -2.29. The minimum Gasteiger partial charge on any atom is -0.465 e. The molecule has 4 rings (SSSR count). The van der Waals surface area contributed by atoms with Gasteiger partial charge in [-0.25, -0.2) is 17.9 Å². The first-order valence-electron chi connectivity index (χ1n) is 12.2. The molecule has 9 nitrogen and oxygen atoms in total. The van der Waals surface area contributed by atoms with Crippen molar-refractivity contribution < 1.29 is 32.2 Å². The number of methoxy groups -OCH3 is 1. The van der Waals surface area contributed by atoms with Crippen molar-refractivity contribution in [3.05, 3.63) is 89.5 Å². The lowest BCUT2D eigenvalue weighted by atomic mass is 9.99. The fourth-order valence-corrected chi connectivity index (χ4v) is 5.11. The molecule has 0 spiro atoms. The number of benzene rings is 3. The number of nitrogens with one attached hydrogen (secondary N) is 1. The molecule has 10 heteroatoms. The van der Waals surface area contributed by atoms with E-state index >= 15 is 0 Å². The second-order valence-electron chi connectivity index (χ2n) is 8.78. The van der Waals surface area contributed by atoms with Crippen LogP contribution in [0, 0.1) is 0 Å². The smallest absolute Gasteiger partial charge is 0.338 e. The molecule has 1 heterocycles. The Bertz CT molecular complexity index is 1370. The summed E-state index contributed by atoms with van der Waals surface area (Å²) in [5.74, 6) is 0.0316. The zero-order chi connectivity index (χ0) is 27.1. The van der Waals surface area contributed by atoms with Gasteiger partial charge in [0.25, 0.3) is 0 Å². The van der Waals surface area contributed by atoms with E-state index in [4.69, 9.17) is 14.2 Å². The largest absolute Gasteiger partial charge is 0.465 e. The Labute approximate surface area is 222 Å². The summed E-state index contributed by atoms with van der Waals surface area (Å²) >= 11 is 0. The predicted octanol–water partition coefficient (Wildman–Crippen LogP) is 3.71. The van der Waals surface area contributed by atoms with Crippen molar-refractivity contribution in [2.24, 2.45) is 0 Å². The Hall–Kier alpha value is -3.73. The summed E-state index contributed by atoms with van der Waals surface area (Å²) in [5.41, 5.74) is 1.34. The van der Waals surface area contributed by atoms with Crippen LogP contribution in [0.15, 0.2) is 77.7 Å². The number of rotatable bonds is 9. The standard InChI is InChI=1S/C28H30N2O7S/c1-20(27(31)30-14-16-36-17-15-30)21-8-11-25(12-9-21)38(33,34)29-19-22-18-24(10-13-26(22)28(32)35-2)37-23-6-4-3-5-7-23/h3-13,18,20,29H,14-17,19H2,1-2H3. The number of hydrogen-bond donors (Lipinski definition) is 1. The fourth-order valence-electron chi connectivity index (χ4n) is 4.11. The van der Waals surface area contributed by atoms with Crippen molar-refractivity contribution in [1.82, 2.24) is 9.62 Å². The molecule has 0 bridgehead atoms. The highest BCUT2D eigenvalue weighted by Gasteiger charge is 2.24. The molecule has 1 N–H and O–H groups in total. The molecule has 0 aromatic heterocycles. The van der Waals surface area contributed by atoms with Crippen molar-refractivity contribution in [2.45, 2.75) is 24.3 Å². The van der Waals surface area contributed by atoms with Crippen molar-refractivity contribution in [3.63, 3.8) is 0 Å². The SMILES string of the molecule is COC(=O)c1ccc(Oc2ccccc2)cc1CNS(=O)(=O)c1ccc(C(C)C(=O)N2CCOCC2)cc1. The highest BCUT2D eigenvalue weighted by molar-refractivity contribution is 7.89. The maximum Gasteiger partial charge on any atom is 0.338 e. The third-order valence-corrected chi connectivity index (χ3v) is 7.71. The van der Waals surface area contributed by atoms with Crippen LogP contribution in [0.1, 0.15) is 34.3 Å². The number of nitrogens with zero attached hydrogens (tertiary/aromatic N) is 1. The molecule has 1 aliphatic heterocycles. The summed E-state index contributed by atoms with van der Waals surface area (Å²) in [7, 11) is -2.66. The second kappa shape index (κ2) is 12.2. The van der Waals surface area contributed by atoms with E-state index in [-0.39, 0.29) is 22.9 Å². The van der Waals surface area contributed by atoms with Gasteiger partial charge in [0.1, 0.15) is 11.5 Å². The van der Waals surface area contributed by atoms with Gasteiger partial charge in [-0.3, -0.25) is 4.79 Å². The maximum atomic E-state index is 13.0. The van der Waals surface area contributed by atoms with Gasteiger partial charge in [0, 0.05) is 19.6 Å². The Morgan fingerprint density at radius 2 is 1.66 bits per heavy atom. The Balaban J connectivity index is 1.48. The van der Waals surface area contributed by atoms with Crippen LogP contribution < -0.4 is 9.46 Å². The molecule has 200 valence electrons. The number of hydrogen-bond acceptors (Lipinski definition) is 7. The van der Waals surface area contributed by atoms with Crippen molar-refractivity contribution in [1.29, 1.82) is 0 Å². The molecule has 1 fully saturated rings. The maximum absolute atomic E-state index is 13.0. The first-order valence-corrected chi connectivity index (χ1v) is 13.7. The first kappa shape index (κ1) is 27.3. The molecular formula is C28H30N2O7S. The number of sulfonamides is 1. The van der Waals surface area contributed by atoms with Crippen LogP contribution in [-0.2, 0) is 30.8 Å². The zero-order valence-electron chi connectivity index (χ0n) is 21.3. The highest BCUT2D eigenvalue weighted by atomic mass is 32.2. The molecule has 1 amide bonds. The third kappa shape index (κ3) is 6.58. The molecule has 0 aliphatic carbocycles. The Kier molecular flexibility index (Phi) is 8.77. The molecule has 1 saturated heterocycles. The summed E-state index contributed by atoms with van der Waals surface area (Å²) in [5, 5.41) is 0. The van der Waals surface area contributed by atoms with E-state index in [2.05, 4.69) is 4.72 Å². The topological polar surface area (TPSA) is 111 Å². The van der Waals surface area contributed by atoms with Crippen LogP contribution in [0.4, 0.5) is 0 Å². The van der Waals surface area contributed by atoms with Crippen LogP contribution in [0.25, 0.3) is 0 Å². The fraction of sp³-hybridized carbons (Fsp3) is 0.286. The number of amides is 1. The predicted molar refractivity (Wildman–Crippen MR) is 141 cm³/mol. The monoisotopic (exact) mass is 538 g/mol. The van der Waals surface area contributed by atoms with Crippen molar-refractivity contribution in [2.75, 3.05) is 33.4 Å². The molecule has 3 aromatic carbocycles. The molecule has 1 unspecified atom stereocenters. The van der Waals surface area contributed by atoms with E-state index in [1.54, 1.807) is 48.2 Å². The van der Waals surface area contributed by atoms with Crippen LogP contribution in [-0.4, -0.2) is 58.6 Å². The molecular weight excluding hydrogens is 508 g/mol. The van der Waals surface area contributed by atoms with Crippen LogP contribution in [0.2, 0.25) is 0 Å². The summed E-state index contributed by atoms with van der Waals surface area (Å²) in [4.78, 5) is 26.9. The van der Waals surface area contributed by atoms with Crippen molar-refractivity contribution in [3.8, 4) is 11.5 Å². The number of esters is 1. The summed E-state index contributed by atoms with van der Waals surface area (Å²) in [6, 6.07) is 20.1. The van der Waals surface area contributed by atoms with E-state index in [9.17, 15) is 18.0 Å². The molecule has 0 radical (unpaired) electrons. The van der Waals surface area contributed by atoms with E-state index in [0.717, 1.165) is 5.56 Å². The van der Waals surface area contributed by atoms with Gasteiger partial charge in [0.15, 0.2) is 0 Å². The quantitative estimate of drug-likeness (QED) is 0.414. The first-order chi connectivity index (χ1) is 18.3. The number of carbonyl (C=O) groups is 2. The summed E-state index contributed by atoms with van der Waals surface area (Å²) in [6.07, 6.45) is 0. The van der Waals surface area contributed by atoms with Gasteiger partial charge < -0.3 is 19.1 Å². The molecule has 0 saturated carbocycles. The normalized spacial score (nSPS) is 14.5. The summed E-state index contributed by atoms with van der Waals surface area (Å²) in [6.45, 7) is 3.76. The minimum absolute atomic E-state index is 0.0185. The Morgan fingerprint density at radius 3 is 2.32 bits per heavy atom. The average molecular weight is 539 g/mol. The number of para-hydroxylation sites is 1. The molecule has 3 aromatic rings. The highest BCUT2D eigenvalue weighted by Crippen LogP contribution is 2.25. The average Bonchev–Trinajstić information content (AvgIpc) is 2.96. The lowest BCUT2D eigenvalue weighted by molar-refractivity contribution is -0.136. The molecule has 1 aliphatic rings. The third-order valence-electron chi connectivity index (χ3n) is 6.30. The number of ether oxygens (including phenoxy) is 3. The van der Waals surface area contributed by atoms with Gasteiger partial charge in [0.2, 0.25) is 15.9 Å². The second-order valence-corrected chi connectivity index (χ2v) is 10.5. The number of morpholine rings is 1. The van der Waals surface area contributed by atoms with Crippen LogP contribution >= 0.6 is 0 Å². The van der Waals surface area contributed by atoms with Gasteiger partial charge in [-0.15, -0.1) is 0 Å². The minimum atomic E-state index is -3.92. The van der Waals surface area contributed by atoms with Gasteiger partial charge in [-0.05, 0) is 60.5 Å². The van der Waals surface area contributed by atoms with Crippen LogP contribution in [0.3, 0.4) is 0 Å². The van der Waals surface area contributed by atoms with E-state index < -0.39 is 21.9 Å². The molecule has 1 atom stereocenters. The molecule has 38 heavy (non-hydrogen) atoms. The van der Waals surface area contributed by atoms with Gasteiger partial charge in [0.05, 0.1) is 36.7 Å². The van der Waals surface area contributed by atoms with E-state index in [1.165, 1.54) is 25.3 Å². The van der Waals surface area contributed by atoms with Gasteiger partial charge >= 0.3 is 5.97 Å². The van der Waals surface area contributed by atoms with Crippen molar-refractivity contribution >= 4 is 21.9 Å². The number of carbonyl (C=O) groups excluding carboxylic acids is 2. The van der Waals surface area contributed by atoms with E-state index in [0.29, 0.717) is 43.4 Å². The van der Waals surface area contributed by atoms with Crippen LogP contribution in [0.5, 0.6) is 11.5 Å². The summed E-state index contributed by atoms with van der Waals surface area (Å²) < 4.78 is 44.6. The van der Waals surface area contributed by atoms with Gasteiger partial charge in [-0.2, -0.15) is 0 Å². The zero-order valence-corrected chi connectivity index (χ0v) is 22.1. The lowest BCUT2D eigenvalue weighted by Crippen LogP contribution is -2.42. The van der Waals surface area contributed by atoms with Gasteiger partial charge in [-0.1, -0.05) is 30.3 Å². The van der Waals surface area contributed by atoms with E-state index in [1.807, 2.05) is 18.2 Å².